The number of pyridine rings is 1. The van der Waals surface area contributed by atoms with E-state index in [9.17, 15) is 27.9 Å². The molecule has 2 saturated heterocycles. The lowest BCUT2D eigenvalue weighted by atomic mass is 9.66. The molecule has 0 aliphatic carbocycles. The third-order valence-electron chi connectivity index (χ3n) is 5.97. The Morgan fingerprint density at radius 1 is 1.50 bits per heavy atom. The molecule has 3 unspecified atom stereocenters. The molecular weight excluding hydrogens is 379 g/mol. The minimum Gasteiger partial charge on any atom is -0.390 e. The van der Waals surface area contributed by atoms with Crippen molar-refractivity contribution in [3.05, 3.63) is 23.5 Å². The second-order valence-corrected chi connectivity index (χ2v) is 7.60. The van der Waals surface area contributed by atoms with Crippen molar-refractivity contribution >= 4 is 18.0 Å². The van der Waals surface area contributed by atoms with Gasteiger partial charge in [0.2, 0.25) is 12.3 Å². The maximum atomic E-state index is 13.2. The second kappa shape index (κ2) is 6.25. The molecular formula is C18H18F3N3O4. The maximum absolute atomic E-state index is 13.2. The number of rotatable bonds is 3. The number of fused-ring (bicyclic) bond motifs is 2. The summed E-state index contributed by atoms with van der Waals surface area (Å²) < 4.78 is 45.5. The van der Waals surface area contributed by atoms with Crippen molar-refractivity contribution in [1.29, 1.82) is 5.26 Å². The third kappa shape index (κ3) is 2.77. The molecule has 10 heteroatoms. The van der Waals surface area contributed by atoms with Gasteiger partial charge in [0.05, 0.1) is 35.1 Å². The first kappa shape index (κ1) is 20.2. The molecule has 7 nitrogen and oxygen atoms in total. The number of amides is 2. The Labute approximate surface area is 158 Å². The monoisotopic (exact) mass is 397 g/mol. The smallest absolute Gasteiger partial charge is 0.390 e. The van der Waals surface area contributed by atoms with E-state index >= 15 is 0 Å². The topological polar surface area (TPSA) is 104 Å². The zero-order chi connectivity index (χ0) is 21.1. The Balaban J connectivity index is 2.02. The van der Waals surface area contributed by atoms with Gasteiger partial charge in [0, 0.05) is 6.42 Å². The number of alkyl halides is 3. The maximum Gasteiger partial charge on any atom is 0.419 e. The number of carbonyl (C=O) groups is 2. The molecule has 5 atom stereocenters. The lowest BCUT2D eigenvalue weighted by Crippen LogP contribution is -2.54. The van der Waals surface area contributed by atoms with Gasteiger partial charge in [0.15, 0.2) is 5.69 Å². The highest BCUT2D eigenvalue weighted by Crippen LogP contribution is 2.57. The Kier molecular flexibility index (Phi) is 4.52. The molecule has 2 aliphatic heterocycles. The fourth-order valence-electron chi connectivity index (χ4n) is 4.34. The molecule has 150 valence electrons. The Hall–Kier alpha value is -2.51. The minimum absolute atomic E-state index is 0.0995. The van der Waals surface area contributed by atoms with Crippen LogP contribution >= 0.6 is 0 Å². The molecule has 1 aromatic rings. The summed E-state index contributed by atoms with van der Waals surface area (Å²) in [7, 11) is 0. The lowest BCUT2D eigenvalue weighted by molar-refractivity contribution is -0.138. The quantitative estimate of drug-likeness (QED) is 0.783. The van der Waals surface area contributed by atoms with Gasteiger partial charge in [0.25, 0.3) is 0 Å². The normalized spacial score (nSPS) is 34.1. The van der Waals surface area contributed by atoms with Crippen molar-refractivity contribution < 1.29 is 32.6 Å². The first-order valence-corrected chi connectivity index (χ1v) is 8.53. The largest absolute Gasteiger partial charge is 0.419 e. The van der Waals surface area contributed by atoms with Gasteiger partial charge in [-0.05, 0) is 25.8 Å². The predicted octanol–water partition coefficient (Wildman–Crippen LogP) is 2.03. The highest BCUT2D eigenvalue weighted by Gasteiger charge is 2.68. The van der Waals surface area contributed by atoms with Crippen LogP contribution in [0.25, 0.3) is 0 Å². The molecule has 0 radical (unpaired) electrons. The highest BCUT2D eigenvalue weighted by molar-refractivity contribution is 6.08. The summed E-state index contributed by atoms with van der Waals surface area (Å²) >= 11 is 0. The van der Waals surface area contributed by atoms with E-state index in [-0.39, 0.29) is 12.3 Å². The van der Waals surface area contributed by atoms with Crippen molar-refractivity contribution in [2.75, 3.05) is 4.90 Å². The van der Waals surface area contributed by atoms with Gasteiger partial charge in [-0.25, -0.2) is 4.98 Å². The number of hydrogen-bond donors (Lipinski definition) is 1. The molecule has 0 saturated carbocycles. The van der Waals surface area contributed by atoms with Crippen LogP contribution in [0.2, 0.25) is 0 Å². The molecule has 28 heavy (non-hydrogen) atoms. The van der Waals surface area contributed by atoms with Gasteiger partial charge >= 0.3 is 6.18 Å². The molecule has 3 rings (SSSR count). The summed E-state index contributed by atoms with van der Waals surface area (Å²) in [6.07, 6.45) is -4.57. The van der Waals surface area contributed by atoms with E-state index in [0.29, 0.717) is 17.4 Å². The van der Waals surface area contributed by atoms with E-state index in [1.54, 1.807) is 20.8 Å². The number of imide groups is 1. The van der Waals surface area contributed by atoms with E-state index in [1.165, 1.54) is 6.07 Å². The minimum atomic E-state index is -4.88. The summed E-state index contributed by atoms with van der Waals surface area (Å²) in [5.41, 5.74) is -4.67. The van der Waals surface area contributed by atoms with Crippen LogP contribution in [-0.2, 0) is 20.5 Å². The van der Waals surface area contributed by atoms with E-state index < -0.39 is 52.3 Å². The van der Waals surface area contributed by atoms with Gasteiger partial charge in [0.1, 0.15) is 11.7 Å². The predicted molar refractivity (Wildman–Crippen MR) is 88.7 cm³/mol. The van der Waals surface area contributed by atoms with Crippen LogP contribution in [-0.4, -0.2) is 39.7 Å². The van der Waals surface area contributed by atoms with Gasteiger partial charge in [-0.1, -0.05) is 6.92 Å². The summed E-state index contributed by atoms with van der Waals surface area (Å²) in [4.78, 5) is 28.7. The molecule has 0 spiro atoms. The van der Waals surface area contributed by atoms with E-state index in [1.807, 2.05) is 0 Å². The van der Waals surface area contributed by atoms with Crippen LogP contribution in [0.3, 0.4) is 0 Å². The number of hydrogen-bond acceptors (Lipinski definition) is 6. The van der Waals surface area contributed by atoms with Crippen molar-refractivity contribution in [1.82, 2.24) is 4.98 Å². The van der Waals surface area contributed by atoms with Crippen LogP contribution in [0.4, 0.5) is 18.9 Å². The average Bonchev–Trinajstić information content (AvgIpc) is 2.96. The van der Waals surface area contributed by atoms with E-state index in [0.717, 1.165) is 6.20 Å². The molecule has 1 N–H and O–H groups in total. The molecule has 2 aliphatic rings. The summed E-state index contributed by atoms with van der Waals surface area (Å²) in [6.45, 7) is 5.03. The number of aliphatic hydroxyl groups excluding tert-OH is 1. The third-order valence-corrected chi connectivity index (χ3v) is 5.97. The van der Waals surface area contributed by atoms with Crippen LogP contribution < -0.4 is 4.90 Å². The number of carbonyl (C=O) groups excluding carboxylic acids is 2. The first-order chi connectivity index (χ1) is 12.9. The molecule has 3 heterocycles. The van der Waals surface area contributed by atoms with E-state index in [2.05, 4.69) is 4.98 Å². The zero-order valence-electron chi connectivity index (χ0n) is 15.3. The van der Waals surface area contributed by atoms with Crippen LogP contribution in [0.5, 0.6) is 0 Å². The fraction of sp³-hybridized carbons (Fsp3) is 0.556. The molecule has 2 bridgehead atoms. The number of halogens is 3. The van der Waals surface area contributed by atoms with Crippen LogP contribution in [0.1, 0.15) is 38.4 Å². The van der Waals surface area contributed by atoms with Gasteiger partial charge in [-0.2, -0.15) is 18.4 Å². The van der Waals surface area contributed by atoms with Gasteiger partial charge in [-0.15, -0.1) is 0 Å². The number of aliphatic hydroxyl groups is 1. The Bertz CT molecular complexity index is 884. The number of ether oxygens (including phenoxy) is 1. The van der Waals surface area contributed by atoms with Crippen molar-refractivity contribution in [2.45, 2.75) is 50.7 Å². The lowest BCUT2D eigenvalue weighted by Gasteiger charge is -2.38. The molecule has 1 aromatic heterocycles. The van der Waals surface area contributed by atoms with Crippen molar-refractivity contribution in [3.63, 3.8) is 0 Å². The van der Waals surface area contributed by atoms with Gasteiger partial charge in [-0.3, -0.25) is 14.5 Å². The fourth-order valence-corrected chi connectivity index (χ4v) is 4.34. The number of nitriles is 1. The Morgan fingerprint density at radius 2 is 2.14 bits per heavy atom. The molecule has 2 amide bonds. The number of nitrogens with zero attached hydrogens (tertiary/aromatic N) is 3. The van der Waals surface area contributed by atoms with Crippen molar-refractivity contribution in [2.24, 2.45) is 11.8 Å². The molecule has 0 aromatic carbocycles. The Morgan fingerprint density at radius 3 is 2.64 bits per heavy atom. The van der Waals surface area contributed by atoms with Crippen molar-refractivity contribution in [3.8, 4) is 6.07 Å². The van der Waals surface area contributed by atoms with Gasteiger partial charge < -0.3 is 9.84 Å². The first-order valence-electron chi connectivity index (χ1n) is 8.53. The van der Waals surface area contributed by atoms with E-state index in [4.69, 9.17) is 10.00 Å². The SMILES string of the molecule is C[C@@H]1[C@H](C(=O)N(C=O)c2cnc(C#N)c(C(F)(F)F)c2)C2(C)OC1(C)CC2O. The number of anilines is 1. The summed E-state index contributed by atoms with van der Waals surface area (Å²) in [5.74, 6) is -2.13. The standard InChI is InChI=1S/C18H18F3N3O4/c1-9-14(17(3)13(26)5-16(9,2)28-17)15(27)24(8-25)10-4-11(18(19,20)21)12(6-22)23-7-10/h4,7-9,13-14,26H,5H2,1-3H3/t9-,13?,14-,16?,17?/m1/s1. The molecule has 2 fully saturated rings. The second-order valence-electron chi connectivity index (χ2n) is 7.60. The summed E-state index contributed by atoms with van der Waals surface area (Å²) in [5, 5.41) is 19.2. The van der Waals surface area contributed by atoms with Crippen LogP contribution in [0, 0.1) is 23.2 Å². The zero-order valence-corrected chi connectivity index (χ0v) is 15.3. The van der Waals surface area contributed by atoms with Crippen LogP contribution in [0.15, 0.2) is 12.3 Å². The average molecular weight is 397 g/mol. The number of aromatic nitrogens is 1. The highest BCUT2D eigenvalue weighted by atomic mass is 19.4. The summed E-state index contributed by atoms with van der Waals surface area (Å²) in [6, 6.07) is 1.88.